The van der Waals surface area contributed by atoms with Crippen molar-refractivity contribution in [3.63, 3.8) is 0 Å². The number of carboxylic acid groups (broad SMARTS) is 1. The maximum absolute atomic E-state index is 10.1. The van der Waals surface area contributed by atoms with Gasteiger partial charge in [-0.2, -0.15) is 0 Å². The van der Waals surface area contributed by atoms with Crippen molar-refractivity contribution >= 4 is 17.5 Å². The van der Waals surface area contributed by atoms with Gasteiger partial charge in [0.1, 0.15) is 5.78 Å². The van der Waals surface area contributed by atoms with E-state index in [0.29, 0.717) is 0 Å². The summed E-state index contributed by atoms with van der Waals surface area (Å²) < 4.78 is 0. The summed E-state index contributed by atoms with van der Waals surface area (Å²) in [5.41, 5.74) is 0. The molecule has 0 aromatic carbocycles. The SMILES string of the molecule is CC(=O)CC(=O)C(=O)O.O.[Er]. The maximum Gasteiger partial charge on any atom is 0.372 e. The van der Waals surface area contributed by atoms with Crippen LogP contribution < -0.4 is 0 Å². The van der Waals surface area contributed by atoms with Gasteiger partial charge in [-0.1, -0.05) is 0 Å². The van der Waals surface area contributed by atoms with Gasteiger partial charge < -0.3 is 10.6 Å². The molecule has 0 aromatic heterocycles. The zero-order valence-electron chi connectivity index (χ0n) is 5.67. The van der Waals surface area contributed by atoms with Crippen LogP contribution in [0.5, 0.6) is 0 Å². The summed E-state index contributed by atoms with van der Waals surface area (Å²) >= 11 is 0. The van der Waals surface area contributed by atoms with Crippen LogP contribution in [0.25, 0.3) is 0 Å². The number of Topliss-reactive ketones (excluding diaryl/α,β-unsaturated/α-hetero) is 2. The molecule has 6 heteroatoms. The van der Waals surface area contributed by atoms with Crippen LogP contribution in [0.1, 0.15) is 13.3 Å². The van der Waals surface area contributed by atoms with E-state index < -0.39 is 24.0 Å². The molecule has 0 unspecified atom stereocenters. The first kappa shape index (κ1) is 17.2. The van der Waals surface area contributed by atoms with Crippen molar-refractivity contribution in [1.82, 2.24) is 0 Å². The van der Waals surface area contributed by atoms with E-state index in [0.717, 1.165) is 0 Å². The fourth-order valence-corrected chi connectivity index (χ4v) is 0.302. The van der Waals surface area contributed by atoms with Crippen LogP contribution in [0.3, 0.4) is 0 Å². The van der Waals surface area contributed by atoms with E-state index in [9.17, 15) is 14.4 Å². The standard InChI is InChI=1S/C5H6O4.Er.H2O/c1-3(6)2-4(7)5(8)9;;/h2H2,1H3,(H,8,9);;1H2. The summed E-state index contributed by atoms with van der Waals surface area (Å²) in [5.74, 6) is -3.03. The normalized spacial score (nSPS) is 7.00. The number of aliphatic carboxylic acids is 1. The van der Waals surface area contributed by atoms with E-state index in [1.54, 1.807) is 0 Å². The molecule has 0 aliphatic carbocycles. The van der Waals surface area contributed by atoms with Crippen LogP contribution in [-0.4, -0.2) is 28.1 Å². The number of ketones is 2. The first-order chi connectivity index (χ1) is 4.04. The Kier molecular flexibility index (Phi) is 12.7. The van der Waals surface area contributed by atoms with E-state index in [2.05, 4.69) is 0 Å². The fourth-order valence-electron chi connectivity index (χ4n) is 0.302. The molecule has 0 radical (unpaired) electrons. The summed E-state index contributed by atoms with van der Waals surface area (Å²) in [5, 5.41) is 7.93. The molecular formula is C5H8ErO5. The van der Waals surface area contributed by atoms with Crippen LogP contribution in [0, 0.1) is 37.3 Å². The average Bonchev–Trinajstić information content (AvgIpc) is 1.63. The van der Waals surface area contributed by atoms with Crippen LogP contribution in [0.2, 0.25) is 0 Å². The third-order valence-electron chi connectivity index (χ3n) is 0.648. The van der Waals surface area contributed by atoms with Crippen molar-refractivity contribution in [2.45, 2.75) is 13.3 Å². The molecule has 0 amide bonds. The van der Waals surface area contributed by atoms with Gasteiger partial charge in [-0.3, -0.25) is 9.59 Å². The van der Waals surface area contributed by atoms with E-state index in [-0.39, 0.29) is 42.8 Å². The summed E-state index contributed by atoms with van der Waals surface area (Å²) in [6, 6.07) is 0. The molecule has 11 heavy (non-hydrogen) atoms. The summed E-state index contributed by atoms with van der Waals surface area (Å²) in [6.45, 7) is 1.17. The third-order valence-corrected chi connectivity index (χ3v) is 0.648. The molecule has 3 N–H and O–H groups in total. The quantitative estimate of drug-likeness (QED) is 0.521. The molecule has 0 saturated carbocycles. The van der Waals surface area contributed by atoms with Gasteiger partial charge in [0.2, 0.25) is 5.78 Å². The summed E-state index contributed by atoms with van der Waals surface area (Å²) in [7, 11) is 0. The predicted molar refractivity (Wildman–Crippen MR) is 31.6 cm³/mol. The minimum absolute atomic E-state index is 0. The van der Waals surface area contributed by atoms with Gasteiger partial charge in [0.05, 0.1) is 6.42 Å². The Morgan fingerprint density at radius 2 is 1.64 bits per heavy atom. The smallest absolute Gasteiger partial charge is 0.372 e. The Morgan fingerprint density at radius 3 is 1.73 bits per heavy atom. The molecule has 0 saturated heterocycles. The monoisotopic (exact) mass is 314 g/mol. The number of carbonyl (C=O) groups excluding carboxylic acids is 2. The fraction of sp³-hybridized carbons (Fsp3) is 0.400. The first-order valence-electron chi connectivity index (χ1n) is 2.29. The van der Waals surface area contributed by atoms with Crippen LogP contribution in [-0.2, 0) is 14.4 Å². The van der Waals surface area contributed by atoms with Crippen molar-refractivity contribution in [2.75, 3.05) is 0 Å². The second-order valence-corrected chi connectivity index (χ2v) is 1.61. The topological polar surface area (TPSA) is 103 Å². The summed E-state index contributed by atoms with van der Waals surface area (Å²) in [6.07, 6.45) is -0.505. The van der Waals surface area contributed by atoms with Gasteiger partial charge in [0.15, 0.2) is 0 Å². The van der Waals surface area contributed by atoms with E-state index in [4.69, 9.17) is 5.11 Å². The average molecular weight is 315 g/mol. The van der Waals surface area contributed by atoms with Crippen molar-refractivity contribution < 1.29 is 62.3 Å². The number of hydrogen-bond acceptors (Lipinski definition) is 3. The Labute approximate surface area is 92.7 Å². The minimum atomic E-state index is -1.55. The Morgan fingerprint density at radius 1 is 1.27 bits per heavy atom. The van der Waals surface area contributed by atoms with Crippen LogP contribution in [0.4, 0.5) is 0 Å². The number of carboxylic acids is 1. The van der Waals surface area contributed by atoms with E-state index in [1.165, 1.54) is 6.92 Å². The van der Waals surface area contributed by atoms with Gasteiger partial charge in [-0.25, -0.2) is 4.79 Å². The molecule has 0 aliphatic heterocycles. The van der Waals surface area contributed by atoms with Crippen LogP contribution >= 0.6 is 0 Å². The van der Waals surface area contributed by atoms with Gasteiger partial charge in [0, 0.05) is 37.3 Å². The molecule has 0 rings (SSSR count). The zero-order chi connectivity index (χ0) is 7.44. The second-order valence-electron chi connectivity index (χ2n) is 1.61. The van der Waals surface area contributed by atoms with Gasteiger partial charge >= 0.3 is 5.97 Å². The summed E-state index contributed by atoms with van der Waals surface area (Å²) in [4.78, 5) is 29.9. The number of rotatable bonds is 3. The maximum atomic E-state index is 10.1. The second kappa shape index (κ2) is 8.12. The minimum Gasteiger partial charge on any atom is -0.475 e. The van der Waals surface area contributed by atoms with Gasteiger partial charge in [-0.05, 0) is 6.92 Å². The molecule has 70 valence electrons. The van der Waals surface area contributed by atoms with Gasteiger partial charge in [0.25, 0.3) is 0 Å². The van der Waals surface area contributed by atoms with Crippen molar-refractivity contribution in [1.29, 1.82) is 0 Å². The predicted octanol–water partition coefficient (Wildman–Crippen LogP) is -1.21. The molecule has 0 spiro atoms. The first-order valence-corrected chi connectivity index (χ1v) is 2.29. The molecule has 0 bridgehead atoms. The molecule has 0 heterocycles. The molecule has 5 nitrogen and oxygen atoms in total. The van der Waals surface area contributed by atoms with Crippen molar-refractivity contribution in [3.05, 3.63) is 0 Å². The number of carbonyl (C=O) groups is 3. The molecule has 0 aliphatic rings. The van der Waals surface area contributed by atoms with Crippen molar-refractivity contribution in [2.24, 2.45) is 0 Å². The number of hydrogen-bond donors (Lipinski definition) is 1. The van der Waals surface area contributed by atoms with E-state index >= 15 is 0 Å². The zero-order valence-corrected chi connectivity index (χ0v) is 7.52. The Bertz CT molecular complexity index is 164. The Balaban J connectivity index is -0.000000320. The van der Waals surface area contributed by atoms with Gasteiger partial charge in [-0.15, -0.1) is 0 Å². The molecule has 0 aromatic rings. The molecule has 0 fully saturated rings. The third kappa shape index (κ3) is 10.0. The molecule has 0 atom stereocenters. The Hall–Kier alpha value is 0.0168. The van der Waals surface area contributed by atoms with E-state index in [1.807, 2.05) is 0 Å². The largest absolute Gasteiger partial charge is 0.475 e. The molecular weight excluding hydrogens is 307 g/mol. The van der Waals surface area contributed by atoms with Crippen molar-refractivity contribution in [3.8, 4) is 0 Å². The van der Waals surface area contributed by atoms with Crippen LogP contribution in [0.15, 0.2) is 0 Å².